The molecule has 3 heterocycles. The quantitative estimate of drug-likeness (QED) is 0.800. The first kappa shape index (κ1) is 12.2. The molecule has 0 saturated carbocycles. The fourth-order valence-corrected chi connectivity index (χ4v) is 2.69. The molecule has 1 aromatic carbocycles. The summed E-state index contributed by atoms with van der Waals surface area (Å²) in [6.45, 7) is 2.73. The van der Waals surface area contributed by atoms with Crippen molar-refractivity contribution in [3.05, 3.63) is 53.7 Å². The van der Waals surface area contributed by atoms with Crippen LogP contribution in [0.3, 0.4) is 0 Å². The summed E-state index contributed by atoms with van der Waals surface area (Å²) in [4.78, 5) is 4.51. The second-order valence-corrected chi connectivity index (χ2v) is 5.33. The summed E-state index contributed by atoms with van der Waals surface area (Å²) in [5.41, 5.74) is 3.27. The number of hydrogen-bond donors (Lipinski definition) is 1. The Morgan fingerprint density at radius 1 is 1.29 bits per heavy atom. The van der Waals surface area contributed by atoms with E-state index in [4.69, 9.17) is 4.74 Å². The van der Waals surface area contributed by atoms with Gasteiger partial charge in [-0.3, -0.25) is 0 Å². The van der Waals surface area contributed by atoms with Gasteiger partial charge < -0.3 is 10.1 Å². The molecule has 21 heavy (non-hydrogen) atoms. The average molecular weight is 280 g/mol. The van der Waals surface area contributed by atoms with E-state index >= 15 is 0 Å². The first-order valence-corrected chi connectivity index (χ1v) is 7.10. The number of hydrogen-bond acceptors (Lipinski definition) is 4. The number of anilines is 1. The Kier molecular flexibility index (Phi) is 2.77. The van der Waals surface area contributed by atoms with Crippen molar-refractivity contribution in [2.24, 2.45) is 0 Å². The molecular weight excluding hydrogens is 264 g/mol. The van der Waals surface area contributed by atoms with E-state index in [-0.39, 0.29) is 6.10 Å². The largest absolute Gasteiger partial charge is 0.488 e. The summed E-state index contributed by atoms with van der Waals surface area (Å²) in [6.07, 6.45) is 2.97. The molecule has 1 aliphatic heterocycles. The highest BCUT2D eigenvalue weighted by Crippen LogP contribution is 2.28. The van der Waals surface area contributed by atoms with Gasteiger partial charge in [0.05, 0.1) is 6.54 Å². The molecule has 5 nitrogen and oxygen atoms in total. The Morgan fingerprint density at radius 3 is 3.05 bits per heavy atom. The molecule has 2 aromatic heterocycles. The lowest BCUT2D eigenvalue weighted by atomic mass is 10.1. The van der Waals surface area contributed by atoms with Crippen molar-refractivity contribution in [1.29, 1.82) is 0 Å². The van der Waals surface area contributed by atoms with Crippen molar-refractivity contribution in [2.75, 3.05) is 11.9 Å². The molecule has 1 aliphatic rings. The van der Waals surface area contributed by atoms with Crippen LogP contribution >= 0.6 is 0 Å². The van der Waals surface area contributed by atoms with E-state index < -0.39 is 0 Å². The van der Waals surface area contributed by atoms with E-state index in [1.807, 2.05) is 43.5 Å². The Bertz CT molecular complexity index is 771. The van der Waals surface area contributed by atoms with Gasteiger partial charge in [-0.15, -0.1) is 5.10 Å². The minimum Gasteiger partial charge on any atom is -0.488 e. The Labute approximate surface area is 122 Å². The predicted octanol–water partition coefficient (Wildman–Crippen LogP) is 2.45. The maximum absolute atomic E-state index is 5.90. The molecule has 4 rings (SSSR count). The van der Waals surface area contributed by atoms with Gasteiger partial charge >= 0.3 is 0 Å². The standard InChI is InChI=1S/C16H16N4O/c1-11-5-4-8-20-15(11)18-16(19-20)17-10-13-9-12-6-2-3-7-14(12)21-13/h2-8,13H,9-10H2,1H3,(H,17,19). The van der Waals surface area contributed by atoms with Crippen molar-refractivity contribution >= 4 is 11.6 Å². The minimum atomic E-state index is 0.134. The van der Waals surface area contributed by atoms with Crippen LogP contribution in [0.15, 0.2) is 42.6 Å². The third kappa shape index (κ3) is 2.20. The number of rotatable bonds is 3. The fraction of sp³-hybridized carbons (Fsp3) is 0.250. The zero-order valence-electron chi connectivity index (χ0n) is 11.8. The summed E-state index contributed by atoms with van der Waals surface area (Å²) in [7, 11) is 0. The number of nitrogens with one attached hydrogen (secondary N) is 1. The smallest absolute Gasteiger partial charge is 0.243 e. The van der Waals surface area contributed by atoms with Gasteiger partial charge in [-0.25, -0.2) is 4.52 Å². The monoisotopic (exact) mass is 280 g/mol. The normalized spacial score (nSPS) is 16.7. The lowest BCUT2D eigenvalue weighted by Crippen LogP contribution is -2.24. The zero-order chi connectivity index (χ0) is 14.2. The van der Waals surface area contributed by atoms with E-state index in [9.17, 15) is 0 Å². The SMILES string of the molecule is Cc1cccn2nc(NCC3Cc4ccccc4O3)nc12. The third-order valence-electron chi connectivity index (χ3n) is 3.76. The van der Waals surface area contributed by atoms with Crippen LogP contribution in [0.4, 0.5) is 5.95 Å². The number of ether oxygens (including phenoxy) is 1. The number of aromatic nitrogens is 3. The van der Waals surface area contributed by atoms with Crippen LogP contribution in [0.2, 0.25) is 0 Å². The molecule has 1 unspecified atom stereocenters. The summed E-state index contributed by atoms with van der Waals surface area (Å²) in [6, 6.07) is 12.2. The second-order valence-electron chi connectivity index (χ2n) is 5.33. The van der Waals surface area contributed by atoms with E-state index in [1.54, 1.807) is 4.52 Å². The van der Waals surface area contributed by atoms with Crippen LogP contribution in [0.25, 0.3) is 5.65 Å². The molecule has 0 aliphatic carbocycles. The van der Waals surface area contributed by atoms with Gasteiger partial charge in [0, 0.05) is 12.6 Å². The molecule has 0 amide bonds. The van der Waals surface area contributed by atoms with Gasteiger partial charge in [-0.1, -0.05) is 24.3 Å². The van der Waals surface area contributed by atoms with E-state index in [0.29, 0.717) is 12.5 Å². The first-order valence-electron chi connectivity index (χ1n) is 7.10. The second kappa shape index (κ2) is 4.77. The Hall–Kier alpha value is -2.56. The van der Waals surface area contributed by atoms with Gasteiger partial charge in [0.15, 0.2) is 5.65 Å². The van der Waals surface area contributed by atoms with Crippen LogP contribution in [-0.4, -0.2) is 27.2 Å². The minimum absolute atomic E-state index is 0.134. The van der Waals surface area contributed by atoms with Crippen molar-refractivity contribution < 1.29 is 4.74 Å². The molecular formula is C16H16N4O. The lowest BCUT2D eigenvalue weighted by molar-refractivity contribution is 0.246. The van der Waals surface area contributed by atoms with E-state index in [0.717, 1.165) is 23.4 Å². The van der Waals surface area contributed by atoms with Crippen LogP contribution in [0.5, 0.6) is 5.75 Å². The van der Waals surface area contributed by atoms with Gasteiger partial charge in [-0.2, -0.15) is 4.98 Å². The van der Waals surface area contributed by atoms with Crippen LogP contribution in [-0.2, 0) is 6.42 Å². The molecule has 0 fully saturated rings. The van der Waals surface area contributed by atoms with Crippen molar-refractivity contribution in [2.45, 2.75) is 19.4 Å². The van der Waals surface area contributed by atoms with Gasteiger partial charge in [-0.05, 0) is 30.2 Å². The van der Waals surface area contributed by atoms with Crippen molar-refractivity contribution in [3.8, 4) is 5.75 Å². The zero-order valence-corrected chi connectivity index (χ0v) is 11.8. The molecule has 1 atom stereocenters. The summed E-state index contributed by atoms with van der Waals surface area (Å²) in [5, 5.41) is 7.69. The highest BCUT2D eigenvalue weighted by Gasteiger charge is 2.22. The molecule has 0 radical (unpaired) electrons. The van der Waals surface area contributed by atoms with Gasteiger partial charge in [0.2, 0.25) is 5.95 Å². The van der Waals surface area contributed by atoms with E-state index in [1.165, 1.54) is 5.56 Å². The first-order chi connectivity index (χ1) is 10.3. The van der Waals surface area contributed by atoms with E-state index in [2.05, 4.69) is 21.5 Å². The van der Waals surface area contributed by atoms with Gasteiger partial charge in [0.1, 0.15) is 11.9 Å². The fourth-order valence-electron chi connectivity index (χ4n) is 2.69. The number of aryl methyl sites for hydroxylation is 1. The molecule has 0 bridgehead atoms. The average Bonchev–Trinajstić information content (AvgIpc) is 3.09. The molecule has 0 spiro atoms. The summed E-state index contributed by atoms with van der Waals surface area (Å²) in [5.74, 6) is 1.63. The number of nitrogens with zero attached hydrogens (tertiary/aromatic N) is 3. The lowest BCUT2D eigenvalue weighted by Gasteiger charge is -2.10. The molecule has 5 heteroatoms. The summed E-state index contributed by atoms with van der Waals surface area (Å²) >= 11 is 0. The highest BCUT2D eigenvalue weighted by atomic mass is 16.5. The number of benzene rings is 1. The number of pyridine rings is 1. The van der Waals surface area contributed by atoms with Crippen LogP contribution < -0.4 is 10.1 Å². The van der Waals surface area contributed by atoms with Crippen molar-refractivity contribution in [1.82, 2.24) is 14.6 Å². The van der Waals surface area contributed by atoms with Crippen LogP contribution in [0.1, 0.15) is 11.1 Å². The maximum atomic E-state index is 5.90. The Morgan fingerprint density at radius 2 is 2.19 bits per heavy atom. The van der Waals surface area contributed by atoms with Crippen molar-refractivity contribution in [3.63, 3.8) is 0 Å². The number of fused-ring (bicyclic) bond motifs is 2. The third-order valence-corrected chi connectivity index (χ3v) is 3.76. The number of para-hydroxylation sites is 1. The molecule has 0 saturated heterocycles. The molecule has 1 N–H and O–H groups in total. The van der Waals surface area contributed by atoms with Crippen LogP contribution in [0, 0.1) is 6.92 Å². The topological polar surface area (TPSA) is 51.5 Å². The summed E-state index contributed by atoms with van der Waals surface area (Å²) < 4.78 is 7.70. The highest BCUT2D eigenvalue weighted by molar-refractivity contribution is 5.49. The molecule has 106 valence electrons. The van der Waals surface area contributed by atoms with Gasteiger partial charge in [0.25, 0.3) is 0 Å². The maximum Gasteiger partial charge on any atom is 0.243 e. The molecule has 3 aromatic rings. The predicted molar refractivity (Wildman–Crippen MR) is 80.8 cm³/mol. The Balaban J connectivity index is 1.46.